The van der Waals surface area contributed by atoms with Crippen LogP contribution >= 0.6 is 0 Å². The summed E-state index contributed by atoms with van der Waals surface area (Å²) in [5.74, 6) is -1.61. The van der Waals surface area contributed by atoms with E-state index < -0.39 is 17.6 Å². The van der Waals surface area contributed by atoms with E-state index >= 15 is 0 Å². The molecule has 0 unspecified atom stereocenters. The summed E-state index contributed by atoms with van der Waals surface area (Å²) in [6.07, 6.45) is 0.159. The van der Waals surface area contributed by atoms with E-state index in [1.54, 1.807) is 0 Å². The van der Waals surface area contributed by atoms with Crippen molar-refractivity contribution in [2.45, 2.75) is 17.6 Å². The molecule has 0 saturated carbocycles. The van der Waals surface area contributed by atoms with Crippen LogP contribution in [0.3, 0.4) is 0 Å². The highest BCUT2D eigenvalue weighted by Gasteiger charge is 2.67. The van der Waals surface area contributed by atoms with E-state index in [4.69, 9.17) is 14.2 Å². The molecular formula is C9H15NO5. The lowest BCUT2D eigenvalue weighted by Gasteiger charge is -2.37. The van der Waals surface area contributed by atoms with Crippen LogP contribution in [0.15, 0.2) is 0 Å². The second-order valence-corrected chi connectivity index (χ2v) is 3.84. The smallest absolute Gasteiger partial charge is 0.238 e. The van der Waals surface area contributed by atoms with Gasteiger partial charge in [-0.1, -0.05) is 0 Å². The lowest BCUT2D eigenvalue weighted by Crippen LogP contribution is -2.64. The van der Waals surface area contributed by atoms with Gasteiger partial charge in [0.25, 0.3) is 0 Å². The van der Waals surface area contributed by atoms with Crippen molar-refractivity contribution in [1.82, 2.24) is 5.32 Å². The molecule has 0 radical (unpaired) electrons. The van der Waals surface area contributed by atoms with Gasteiger partial charge in [0.05, 0.1) is 5.92 Å². The lowest BCUT2D eigenvalue weighted by molar-refractivity contribution is -0.286. The Hall–Kier alpha value is -0.530. The zero-order chi connectivity index (χ0) is 11.1. The van der Waals surface area contributed by atoms with E-state index in [0.29, 0.717) is 6.54 Å². The molecule has 0 aromatic rings. The van der Waals surface area contributed by atoms with Gasteiger partial charge in [0.1, 0.15) is 19.0 Å². The predicted octanol–water partition coefficient (Wildman–Crippen LogP) is -1.52. The van der Waals surface area contributed by atoms with Crippen molar-refractivity contribution >= 4 is 6.29 Å². The summed E-state index contributed by atoms with van der Waals surface area (Å²) in [7, 11) is 2.87. The molecule has 15 heavy (non-hydrogen) atoms. The number of aldehydes is 1. The number of carbonyl (C=O) groups excluding carboxylic acids is 1. The van der Waals surface area contributed by atoms with E-state index in [1.165, 1.54) is 14.2 Å². The van der Waals surface area contributed by atoms with Gasteiger partial charge in [0.15, 0.2) is 0 Å². The molecule has 6 heteroatoms. The summed E-state index contributed by atoms with van der Waals surface area (Å²) in [5.41, 5.74) is -1.46. The first-order valence-electron chi connectivity index (χ1n) is 4.78. The minimum Gasteiger partial charge on any atom is -0.368 e. The molecule has 2 aliphatic heterocycles. The highest BCUT2D eigenvalue weighted by Crippen LogP contribution is 2.42. The molecule has 86 valence electrons. The summed E-state index contributed by atoms with van der Waals surface area (Å²) in [6.45, 7) is 0.456. The third-order valence-electron chi connectivity index (χ3n) is 3.28. The van der Waals surface area contributed by atoms with Crippen molar-refractivity contribution in [3.05, 3.63) is 0 Å². The Labute approximate surface area is 87.5 Å². The molecule has 0 aromatic heterocycles. The van der Waals surface area contributed by atoms with E-state index in [-0.39, 0.29) is 12.5 Å². The van der Waals surface area contributed by atoms with Gasteiger partial charge in [-0.05, 0) is 0 Å². The average Bonchev–Trinajstić information content (AvgIpc) is 2.72. The summed E-state index contributed by atoms with van der Waals surface area (Å²) >= 11 is 0. The standard InChI is InChI=1S/C9H15NO5/c1-13-8(14-2)5-15-7-6(4-11)3-10-9(7,8)12/h4,6-7,10,12H,3,5H2,1-2H3/t6-,7+,9+/m0/s1. The van der Waals surface area contributed by atoms with Crippen molar-refractivity contribution < 1.29 is 24.1 Å². The quantitative estimate of drug-likeness (QED) is 0.442. The van der Waals surface area contributed by atoms with Crippen LogP contribution in [0.4, 0.5) is 0 Å². The predicted molar refractivity (Wildman–Crippen MR) is 49.0 cm³/mol. The third-order valence-corrected chi connectivity index (χ3v) is 3.28. The first-order valence-corrected chi connectivity index (χ1v) is 4.78. The van der Waals surface area contributed by atoms with Crippen molar-refractivity contribution in [1.29, 1.82) is 0 Å². The zero-order valence-electron chi connectivity index (χ0n) is 8.73. The molecule has 2 N–H and O–H groups in total. The molecule has 2 heterocycles. The maximum atomic E-state index is 10.8. The van der Waals surface area contributed by atoms with Crippen LogP contribution < -0.4 is 5.32 Å². The molecule has 0 aliphatic carbocycles. The highest BCUT2D eigenvalue weighted by atomic mass is 16.7. The largest absolute Gasteiger partial charge is 0.368 e. The molecule has 2 fully saturated rings. The Bertz CT molecular complexity index is 267. The molecule has 2 rings (SSSR count). The number of ether oxygens (including phenoxy) is 3. The lowest BCUT2D eigenvalue weighted by atomic mass is 9.96. The summed E-state index contributed by atoms with van der Waals surface area (Å²) in [4.78, 5) is 10.8. The molecule has 3 atom stereocenters. The number of fused-ring (bicyclic) bond motifs is 1. The number of methoxy groups -OCH3 is 2. The topological polar surface area (TPSA) is 77.0 Å². The molecule has 2 aliphatic rings. The minimum absolute atomic E-state index is 0.0957. The van der Waals surface area contributed by atoms with Crippen LogP contribution in [0.5, 0.6) is 0 Å². The Kier molecular flexibility index (Phi) is 2.56. The van der Waals surface area contributed by atoms with E-state index in [9.17, 15) is 9.90 Å². The summed E-state index contributed by atoms with van der Waals surface area (Å²) in [6, 6.07) is 0. The fourth-order valence-corrected chi connectivity index (χ4v) is 2.33. The van der Waals surface area contributed by atoms with Gasteiger partial charge < -0.3 is 24.1 Å². The first-order chi connectivity index (χ1) is 7.13. The number of hydrogen-bond donors (Lipinski definition) is 2. The monoisotopic (exact) mass is 217 g/mol. The van der Waals surface area contributed by atoms with E-state index in [0.717, 1.165) is 6.29 Å². The van der Waals surface area contributed by atoms with Crippen molar-refractivity contribution in [2.75, 3.05) is 27.4 Å². The zero-order valence-corrected chi connectivity index (χ0v) is 8.73. The Balaban J connectivity index is 2.31. The maximum absolute atomic E-state index is 10.8. The summed E-state index contributed by atoms with van der Waals surface area (Å²) < 4.78 is 15.8. The van der Waals surface area contributed by atoms with E-state index in [2.05, 4.69) is 5.32 Å². The average molecular weight is 217 g/mol. The van der Waals surface area contributed by atoms with Gasteiger partial charge in [-0.2, -0.15) is 0 Å². The van der Waals surface area contributed by atoms with Gasteiger partial charge in [0.2, 0.25) is 11.5 Å². The number of carbonyl (C=O) groups is 1. The van der Waals surface area contributed by atoms with Gasteiger partial charge in [-0.15, -0.1) is 0 Å². The van der Waals surface area contributed by atoms with Gasteiger partial charge >= 0.3 is 0 Å². The van der Waals surface area contributed by atoms with Crippen LogP contribution in [0.2, 0.25) is 0 Å². The van der Waals surface area contributed by atoms with Crippen LogP contribution in [0, 0.1) is 5.92 Å². The molecule has 6 nitrogen and oxygen atoms in total. The SMILES string of the molecule is COC1(OC)CO[C@@H]2[C@H](C=O)CN[C@@]21O. The van der Waals surface area contributed by atoms with Crippen LogP contribution in [0.25, 0.3) is 0 Å². The number of hydrogen-bond acceptors (Lipinski definition) is 6. The molecular weight excluding hydrogens is 202 g/mol. The highest BCUT2D eigenvalue weighted by molar-refractivity contribution is 5.57. The fraction of sp³-hybridized carbons (Fsp3) is 0.889. The van der Waals surface area contributed by atoms with Gasteiger partial charge in [-0.25, -0.2) is 0 Å². The second-order valence-electron chi connectivity index (χ2n) is 3.84. The van der Waals surface area contributed by atoms with Gasteiger partial charge in [-0.3, -0.25) is 5.32 Å². The maximum Gasteiger partial charge on any atom is 0.238 e. The first kappa shape index (κ1) is 11.0. The van der Waals surface area contributed by atoms with Crippen LogP contribution in [-0.4, -0.2) is 56.4 Å². The van der Waals surface area contributed by atoms with Crippen LogP contribution in [0.1, 0.15) is 0 Å². The second kappa shape index (κ2) is 3.50. The molecule has 0 spiro atoms. The normalized spacial score (nSPS) is 42.9. The third kappa shape index (κ3) is 1.20. The molecule has 0 amide bonds. The molecule has 0 bridgehead atoms. The van der Waals surface area contributed by atoms with Crippen LogP contribution in [-0.2, 0) is 19.0 Å². The Morgan fingerprint density at radius 2 is 2.20 bits per heavy atom. The van der Waals surface area contributed by atoms with Gasteiger partial charge in [0, 0.05) is 20.8 Å². The molecule has 0 aromatic carbocycles. The Morgan fingerprint density at radius 1 is 1.53 bits per heavy atom. The number of nitrogens with one attached hydrogen (secondary N) is 1. The van der Waals surface area contributed by atoms with Crippen molar-refractivity contribution in [3.8, 4) is 0 Å². The number of rotatable bonds is 3. The van der Waals surface area contributed by atoms with Crippen molar-refractivity contribution in [2.24, 2.45) is 5.92 Å². The number of aliphatic hydroxyl groups is 1. The fourth-order valence-electron chi connectivity index (χ4n) is 2.33. The summed E-state index contributed by atoms with van der Waals surface area (Å²) in [5, 5.41) is 13.2. The van der Waals surface area contributed by atoms with Crippen molar-refractivity contribution in [3.63, 3.8) is 0 Å². The molecule has 2 saturated heterocycles. The minimum atomic E-state index is -1.46. The van der Waals surface area contributed by atoms with E-state index in [1.807, 2.05) is 0 Å². The Morgan fingerprint density at radius 3 is 2.73 bits per heavy atom.